The highest BCUT2D eigenvalue weighted by Gasteiger charge is 2.36. The summed E-state index contributed by atoms with van der Waals surface area (Å²) in [6, 6.07) is 7.51. The SMILES string of the molecule is CC(C)(C)OC(=O)CN1C(=O)[C@H](N)CN(C2CCCCC2)c2ccccc21. The summed E-state index contributed by atoms with van der Waals surface area (Å²) >= 11 is 0. The number of benzene rings is 1. The van der Waals surface area contributed by atoms with Crippen LogP contribution in [0.4, 0.5) is 11.4 Å². The summed E-state index contributed by atoms with van der Waals surface area (Å²) in [5.41, 5.74) is 7.39. The molecule has 0 bridgehead atoms. The lowest BCUT2D eigenvalue weighted by Gasteiger charge is -2.36. The summed E-state index contributed by atoms with van der Waals surface area (Å²) < 4.78 is 5.44. The molecule has 1 aromatic carbocycles. The van der Waals surface area contributed by atoms with Crippen LogP contribution in [0.3, 0.4) is 0 Å². The van der Waals surface area contributed by atoms with Crippen molar-refractivity contribution in [2.24, 2.45) is 5.73 Å². The fourth-order valence-electron chi connectivity index (χ4n) is 4.05. The van der Waals surface area contributed by atoms with Crippen LogP contribution < -0.4 is 15.5 Å². The fourth-order valence-corrected chi connectivity index (χ4v) is 4.05. The smallest absolute Gasteiger partial charge is 0.326 e. The molecule has 2 N–H and O–H groups in total. The van der Waals surface area contributed by atoms with Gasteiger partial charge in [0.05, 0.1) is 11.4 Å². The van der Waals surface area contributed by atoms with Crippen LogP contribution in [0.2, 0.25) is 0 Å². The van der Waals surface area contributed by atoms with E-state index in [1.54, 1.807) is 0 Å². The van der Waals surface area contributed by atoms with Gasteiger partial charge in [-0.1, -0.05) is 31.4 Å². The normalized spacial score (nSPS) is 21.6. The summed E-state index contributed by atoms with van der Waals surface area (Å²) in [5, 5.41) is 0. The maximum Gasteiger partial charge on any atom is 0.326 e. The Bertz CT molecular complexity index is 692. The highest BCUT2D eigenvalue weighted by Crippen LogP contribution is 2.36. The molecule has 0 unspecified atom stereocenters. The standard InChI is InChI=1S/C21H31N3O3/c1-21(2,3)27-19(25)14-24-18-12-8-7-11-17(18)23(13-16(22)20(24)26)15-9-5-4-6-10-15/h7-8,11-12,15-16H,4-6,9-10,13-14,22H2,1-3H3/t16-/m1/s1. The summed E-state index contributed by atoms with van der Waals surface area (Å²) in [7, 11) is 0. The van der Waals surface area contributed by atoms with Crippen LogP contribution in [0.1, 0.15) is 52.9 Å². The molecule has 1 aromatic rings. The van der Waals surface area contributed by atoms with Crippen molar-refractivity contribution >= 4 is 23.3 Å². The molecule has 1 atom stereocenters. The zero-order valence-corrected chi connectivity index (χ0v) is 16.6. The van der Waals surface area contributed by atoms with Crippen molar-refractivity contribution in [1.82, 2.24) is 0 Å². The molecule has 1 aliphatic heterocycles. The van der Waals surface area contributed by atoms with Gasteiger partial charge >= 0.3 is 5.97 Å². The number of fused-ring (bicyclic) bond motifs is 1. The molecular weight excluding hydrogens is 342 g/mol. The molecule has 148 valence electrons. The molecule has 1 heterocycles. The van der Waals surface area contributed by atoms with E-state index in [-0.39, 0.29) is 12.5 Å². The second-order valence-electron chi connectivity index (χ2n) is 8.55. The van der Waals surface area contributed by atoms with E-state index in [2.05, 4.69) is 4.90 Å². The van der Waals surface area contributed by atoms with E-state index in [9.17, 15) is 9.59 Å². The summed E-state index contributed by atoms with van der Waals surface area (Å²) in [6.45, 7) is 5.81. The van der Waals surface area contributed by atoms with E-state index in [0.717, 1.165) is 24.2 Å². The maximum absolute atomic E-state index is 13.0. The number of nitrogens with zero attached hydrogens (tertiary/aromatic N) is 2. The third-order valence-electron chi connectivity index (χ3n) is 5.18. The molecule has 0 saturated heterocycles. The van der Waals surface area contributed by atoms with Gasteiger partial charge in [-0.2, -0.15) is 0 Å². The monoisotopic (exact) mass is 373 g/mol. The zero-order chi connectivity index (χ0) is 19.6. The molecule has 0 radical (unpaired) electrons. The predicted molar refractivity (Wildman–Crippen MR) is 107 cm³/mol. The van der Waals surface area contributed by atoms with Crippen molar-refractivity contribution in [3.05, 3.63) is 24.3 Å². The highest BCUT2D eigenvalue weighted by atomic mass is 16.6. The largest absolute Gasteiger partial charge is 0.459 e. The first kappa shape index (κ1) is 19.7. The molecule has 0 aromatic heterocycles. The summed E-state index contributed by atoms with van der Waals surface area (Å²) in [5.74, 6) is -0.657. The quantitative estimate of drug-likeness (QED) is 0.825. The van der Waals surface area contributed by atoms with Gasteiger partial charge in [-0.3, -0.25) is 14.5 Å². The summed E-state index contributed by atoms with van der Waals surface area (Å²) in [4.78, 5) is 29.2. The Balaban J connectivity index is 1.92. The van der Waals surface area contributed by atoms with Crippen molar-refractivity contribution in [1.29, 1.82) is 0 Å². The van der Waals surface area contributed by atoms with Crippen LogP contribution in [-0.4, -0.2) is 42.7 Å². The molecule has 0 spiro atoms. The third kappa shape index (κ3) is 4.61. The first-order valence-electron chi connectivity index (χ1n) is 9.91. The maximum atomic E-state index is 13.0. The Labute approximate surface area is 161 Å². The number of para-hydroxylation sites is 2. The highest BCUT2D eigenvalue weighted by molar-refractivity contribution is 6.04. The van der Waals surface area contributed by atoms with Crippen molar-refractivity contribution < 1.29 is 14.3 Å². The molecule has 6 heteroatoms. The van der Waals surface area contributed by atoms with Crippen LogP contribution in [0.5, 0.6) is 0 Å². The number of rotatable bonds is 3. The Morgan fingerprint density at radius 2 is 1.78 bits per heavy atom. The second-order valence-corrected chi connectivity index (χ2v) is 8.55. The topological polar surface area (TPSA) is 75.9 Å². The van der Waals surface area contributed by atoms with Crippen LogP contribution in [-0.2, 0) is 14.3 Å². The molecule has 1 aliphatic carbocycles. The van der Waals surface area contributed by atoms with Gasteiger partial charge in [0.1, 0.15) is 18.2 Å². The third-order valence-corrected chi connectivity index (χ3v) is 5.18. The van der Waals surface area contributed by atoms with E-state index in [1.165, 1.54) is 24.2 Å². The molecule has 1 saturated carbocycles. The molecular formula is C21H31N3O3. The first-order chi connectivity index (χ1) is 12.8. The van der Waals surface area contributed by atoms with Gasteiger partial charge in [0.2, 0.25) is 5.91 Å². The van der Waals surface area contributed by atoms with E-state index in [0.29, 0.717) is 12.6 Å². The van der Waals surface area contributed by atoms with Crippen molar-refractivity contribution in [3.63, 3.8) is 0 Å². The van der Waals surface area contributed by atoms with Crippen molar-refractivity contribution in [3.8, 4) is 0 Å². The van der Waals surface area contributed by atoms with Gasteiger partial charge in [-0.15, -0.1) is 0 Å². The Kier molecular flexibility index (Phi) is 5.75. The number of anilines is 2. The predicted octanol–water partition coefficient (Wildman–Crippen LogP) is 2.84. The lowest BCUT2D eigenvalue weighted by atomic mass is 9.93. The van der Waals surface area contributed by atoms with Crippen LogP contribution >= 0.6 is 0 Å². The lowest BCUT2D eigenvalue weighted by Crippen LogP contribution is -2.50. The van der Waals surface area contributed by atoms with Gasteiger partial charge in [0.15, 0.2) is 0 Å². The molecule has 3 rings (SSSR count). The van der Waals surface area contributed by atoms with Gasteiger partial charge in [0, 0.05) is 12.6 Å². The number of nitrogens with two attached hydrogens (primary N) is 1. The second kappa shape index (κ2) is 7.89. The lowest BCUT2D eigenvalue weighted by molar-refractivity contribution is -0.153. The van der Waals surface area contributed by atoms with E-state index >= 15 is 0 Å². The number of carbonyl (C=O) groups is 2. The molecule has 27 heavy (non-hydrogen) atoms. The minimum absolute atomic E-state index is 0.126. The number of hydrogen-bond donors (Lipinski definition) is 1. The number of hydrogen-bond acceptors (Lipinski definition) is 5. The zero-order valence-electron chi connectivity index (χ0n) is 16.6. The average Bonchev–Trinajstić information content (AvgIpc) is 2.72. The van der Waals surface area contributed by atoms with Crippen LogP contribution in [0, 0.1) is 0 Å². The van der Waals surface area contributed by atoms with Gasteiger partial charge < -0.3 is 15.4 Å². The Hall–Kier alpha value is -2.08. The minimum Gasteiger partial charge on any atom is -0.459 e. The molecule has 6 nitrogen and oxygen atoms in total. The van der Waals surface area contributed by atoms with E-state index < -0.39 is 17.6 Å². The first-order valence-corrected chi connectivity index (χ1v) is 9.91. The van der Waals surface area contributed by atoms with Crippen molar-refractivity contribution in [2.45, 2.75) is 70.6 Å². The minimum atomic E-state index is -0.665. The summed E-state index contributed by atoms with van der Waals surface area (Å²) in [6.07, 6.45) is 5.90. The van der Waals surface area contributed by atoms with Gasteiger partial charge in [0.25, 0.3) is 0 Å². The van der Waals surface area contributed by atoms with Gasteiger partial charge in [-0.05, 0) is 45.7 Å². The molecule has 1 fully saturated rings. The Morgan fingerprint density at radius 3 is 2.41 bits per heavy atom. The molecule has 2 aliphatic rings. The number of carbonyl (C=O) groups excluding carboxylic acids is 2. The number of esters is 1. The van der Waals surface area contributed by atoms with E-state index in [4.69, 9.17) is 10.5 Å². The number of amides is 1. The molecule has 1 amide bonds. The average molecular weight is 373 g/mol. The fraction of sp³-hybridized carbons (Fsp3) is 0.619. The van der Waals surface area contributed by atoms with Crippen LogP contribution in [0.25, 0.3) is 0 Å². The Morgan fingerprint density at radius 1 is 1.15 bits per heavy atom. The van der Waals surface area contributed by atoms with Crippen molar-refractivity contribution in [2.75, 3.05) is 22.9 Å². The van der Waals surface area contributed by atoms with Crippen LogP contribution in [0.15, 0.2) is 24.3 Å². The van der Waals surface area contributed by atoms with E-state index in [1.807, 2.05) is 45.0 Å². The van der Waals surface area contributed by atoms with Gasteiger partial charge in [-0.25, -0.2) is 0 Å². The number of ether oxygens (including phenoxy) is 1.